The van der Waals surface area contributed by atoms with Gasteiger partial charge in [-0.05, 0) is 42.3 Å². The molecule has 4 rings (SSSR count). The molecule has 0 spiro atoms. The number of rotatable bonds is 6. The summed E-state index contributed by atoms with van der Waals surface area (Å²) in [7, 11) is 3.11. The van der Waals surface area contributed by atoms with Crippen LogP contribution >= 0.6 is 0 Å². The van der Waals surface area contributed by atoms with Crippen LogP contribution in [0.4, 0.5) is 0 Å². The Morgan fingerprint density at radius 3 is 2.47 bits per heavy atom. The first-order valence-electron chi connectivity index (χ1n) is 10.0. The molecule has 32 heavy (non-hydrogen) atoms. The third-order valence-corrected chi connectivity index (χ3v) is 5.09. The number of carbonyl (C=O) groups is 2. The normalized spacial score (nSPS) is 13.5. The van der Waals surface area contributed by atoms with Crippen molar-refractivity contribution in [1.82, 2.24) is 0 Å². The molecule has 0 fully saturated rings. The number of methoxy groups -OCH3 is 2. The molecule has 1 heterocycles. The van der Waals surface area contributed by atoms with Crippen LogP contribution in [0.5, 0.6) is 23.0 Å². The van der Waals surface area contributed by atoms with Crippen LogP contribution in [-0.4, -0.2) is 26.0 Å². The molecule has 0 atom stereocenters. The smallest absolute Gasteiger partial charge is 0.315 e. The van der Waals surface area contributed by atoms with Gasteiger partial charge in [0, 0.05) is 17.7 Å². The van der Waals surface area contributed by atoms with Crippen molar-refractivity contribution in [2.75, 3.05) is 14.2 Å². The molecule has 162 valence electrons. The quantitative estimate of drug-likeness (QED) is 0.319. The summed E-state index contributed by atoms with van der Waals surface area (Å²) in [5.41, 5.74) is 2.66. The summed E-state index contributed by atoms with van der Waals surface area (Å²) in [5.74, 6) is 1.42. The zero-order valence-corrected chi connectivity index (χ0v) is 18.0. The third-order valence-electron chi connectivity index (χ3n) is 5.09. The van der Waals surface area contributed by atoms with Gasteiger partial charge < -0.3 is 18.9 Å². The Balaban J connectivity index is 1.57. The number of ketones is 1. The fraction of sp³-hybridized carbons (Fsp3) is 0.154. The van der Waals surface area contributed by atoms with Crippen molar-refractivity contribution in [2.45, 2.75) is 13.3 Å². The van der Waals surface area contributed by atoms with E-state index >= 15 is 0 Å². The highest BCUT2D eigenvalue weighted by atomic mass is 16.5. The van der Waals surface area contributed by atoms with Crippen LogP contribution in [0.1, 0.15) is 27.0 Å². The van der Waals surface area contributed by atoms with Crippen LogP contribution < -0.4 is 18.9 Å². The molecule has 1 aliphatic rings. The highest BCUT2D eigenvalue weighted by Gasteiger charge is 2.30. The number of benzene rings is 3. The number of ether oxygens (including phenoxy) is 4. The summed E-state index contributed by atoms with van der Waals surface area (Å²) in [6, 6.07) is 17.9. The van der Waals surface area contributed by atoms with Crippen LogP contribution in [0.3, 0.4) is 0 Å². The SMILES string of the molecule is COc1ccc(/C=C2\Oc3cc(OC(=O)Cc4ccccc4)cc(C)c3C2=O)c(OC)c1. The molecule has 0 amide bonds. The molecular formula is C26H22O6. The Morgan fingerprint density at radius 1 is 0.969 bits per heavy atom. The number of carbonyl (C=O) groups excluding carboxylic acids is 2. The molecule has 6 heteroatoms. The number of esters is 1. The molecule has 0 bridgehead atoms. The average molecular weight is 430 g/mol. The zero-order valence-electron chi connectivity index (χ0n) is 18.0. The average Bonchev–Trinajstić information content (AvgIpc) is 3.10. The molecule has 0 aliphatic carbocycles. The molecule has 3 aromatic rings. The lowest BCUT2D eigenvalue weighted by Crippen LogP contribution is -2.11. The lowest BCUT2D eigenvalue weighted by atomic mass is 10.0. The van der Waals surface area contributed by atoms with E-state index in [1.165, 1.54) is 0 Å². The summed E-state index contributed by atoms with van der Waals surface area (Å²) in [6.07, 6.45) is 1.78. The van der Waals surface area contributed by atoms with Crippen molar-refractivity contribution in [2.24, 2.45) is 0 Å². The van der Waals surface area contributed by atoms with Gasteiger partial charge in [-0.25, -0.2) is 0 Å². The van der Waals surface area contributed by atoms with Crippen LogP contribution in [0.25, 0.3) is 6.08 Å². The maximum Gasteiger partial charge on any atom is 0.315 e. The molecular weight excluding hydrogens is 408 g/mol. The van der Waals surface area contributed by atoms with Crippen LogP contribution in [0, 0.1) is 6.92 Å². The van der Waals surface area contributed by atoms with Gasteiger partial charge in [-0.2, -0.15) is 0 Å². The summed E-state index contributed by atoms with van der Waals surface area (Å²) < 4.78 is 21.9. The van der Waals surface area contributed by atoms with Crippen LogP contribution in [-0.2, 0) is 11.2 Å². The number of allylic oxidation sites excluding steroid dienone is 1. The molecule has 0 radical (unpaired) electrons. The monoisotopic (exact) mass is 430 g/mol. The molecule has 0 aromatic heterocycles. The first-order chi connectivity index (χ1) is 15.5. The first-order valence-corrected chi connectivity index (χ1v) is 10.0. The summed E-state index contributed by atoms with van der Waals surface area (Å²) in [6.45, 7) is 1.78. The summed E-state index contributed by atoms with van der Waals surface area (Å²) in [5, 5.41) is 0. The predicted octanol–water partition coefficient (Wildman–Crippen LogP) is 4.78. The molecule has 6 nitrogen and oxygen atoms in total. The van der Waals surface area contributed by atoms with E-state index in [4.69, 9.17) is 18.9 Å². The Labute approximate surface area is 186 Å². The molecule has 0 unspecified atom stereocenters. The number of hydrogen-bond donors (Lipinski definition) is 0. The van der Waals surface area contributed by atoms with E-state index in [-0.39, 0.29) is 18.0 Å². The number of Topliss-reactive ketones (excluding diaryl/α,β-unsaturated/α-hetero) is 1. The van der Waals surface area contributed by atoms with E-state index in [9.17, 15) is 9.59 Å². The largest absolute Gasteiger partial charge is 0.497 e. The molecule has 3 aromatic carbocycles. The van der Waals surface area contributed by atoms with E-state index in [2.05, 4.69) is 0 Å². The van der Waals surface area contributed by atoms with E-state index in [0.29, 0.717) is 39.7 Å². The highest BCUT2D eigenvalue weighted by molar-refractivity contribution is 6.15. The van der Waals surface area contributed by atoms with Gasteiger partial charge in [0.1, 0.15) is 23.0 Å². The van der Waals surface area contributed by atoms with Crippen molar-refractivity contribution in [3.63, 3.8) is 0 Å². The maximum atomic E-state index is 13.0. The number of aryl methyl sites for hydroxylation is 1. The molecule has 0 saturated carbocycles. The minimum absolute atomic E-state index is 0.152. The molecule has 0 N–H and O–H groups in total. The van der Waals surface area contributed by atoms with Gasteiger partial charge >= 0.3 is 5.97 Å². The highest BCUT2D eigenvalue weighted by Crippen LogP contribution is 2.38. The van der Waals surface area contributed by atoms with Gasteiger partial charge in [-0.1, -0.05) is 30.3 Å². The second-order valence-corrected chi connectivity index (χ2v) is 7.30. The standard InChI is InChI=1S/C26H22O6/c1-16-11-20(31-24(27)12-17-7-5-4-6-8-17)15-22-25(16)26(28)23(32-22)13-18-9-10-19(29-2)14-21(18)30-3/h4-11,13-15H,12H2,1-3H3/b23-13-. The minimum Gasteiger partial charge on any atom is -0.497 e. The van der Waals surface area contributed by atoms with E-state index in [0.717, 1.165) is 5.56 Å². The minimum atomic E-state index is -0.390. The topological polar surface area (TPSA) is 71.1 Å². The fourth-order valence-corrected chi connectivity index (χ4v) is 3.55. The fourth-order valence-electron chi connectivity index (χ4n) is 3.55. The molecule has 1 aliphatic heterocycles. The van der Waals surface area contributed by atoms with Gasteiger partial charge in [-0.3, -0.25) is 9.59 Å². The first kappa shape index (κ1) is 21.2. The summed E-state index contributed by atoms with van der Waals surface area (Å²) in [4.78, 5) is 25.3. The lowest BCUT2D eigenvalue weighted by molar-refractivity contribution is -0.133. The predicted molar refractivity (Wildman–Crippen MR) is 119 cm³/mol. The van der Waals surface area contributed by atoms with Gasteiger partial charge in [-0.15, -0.1) is 0 Å². The van der Waals surface area contributed by atoms with Gasteiger partial charge in [0.2, 0.25) is 5.78 Å². The van der Waals surface area contributed by atoms with E-state index < -0.39 is 5.97 Å². The van der Waals surface area contributed by atoms with E-state index in [1.54, 1.807) is 57.6 Å². The Hall–Kier alpha value is -4.06. The van der Waals surface area contributed by atoms with Crippen molar-refractivity contribution in [1.29, 1.82) is 0 Å². The van der Waals surface area contributed by atoms with Gasteiger partial charge in [0.15, 0.2) is 5.76 Å². The van der Waals surface area contributed by atoms with Crippen molar-refractivity contribution >= 4 is 17.8 Å². The number of hydrogen-bond acceptors (Lipinski definition) is 6. The Bertz CT molecular complexity index is 1210. The number of fused-ring (bicyclic) bond motifs is 1. The lowest BCUT2D eigenvalue weighted by Gasteiger charge is -2.08. The van der Waals surface area contributed by atoms with Crippen LogP contribution in [0.15, 0.2) is 66.4 Å². The van der Waals surface area contributed by atoms with Gasteiger partial charge in [0.25, 0.3) is 0 Å². The third kappa shape index (κ3) is 4.34. The summed E-state index contributed by atoms with van der Waals surface area (Å²) >= 11 is 0. The van der Waals surface area contributed by atoms with Crippen molar-refractivity contribution in [3.8, 4) is 23.0 Å². The zero-order chi connectivity index (χ0) is 22.7. The van der Waals surface area contributed by atoms with Gasteiger partial charge in [0.05, 0.1) is 26.2 Å². The second-order valence-electron chi connectivity index (χ2n) is 7.30. The second kappa shape index (κ2) is 8.98. The molecule has 0 saturated heterocycles. The Kier molecular flexibility index (Phi) is 5.94. The van der Waals surface area contributed by atoms with E-state index in [1.807, 2.05) is 30.3 Å². The van der Waals surface area contributed by atoms with Crippen molar-refractivity contribution in [3.05, 3.63) is 88.7 Å². The van der Waals surface area contributed by atoms with Crippen LogP contribution in [0.2, 0.25) is 0 Å². The van der Waals surface area contributed by atoms with Crippen molar-refractivity contribution < 1.29 is 28.5 Å². The Morgan fingerprint density at radius 2 is 1.75 bits per heavy atom. The maximum absolute atomic E-state index is 13.0.